The molecular formula is C19H24O. The number of benzene rings is 2. The van der Waals surface area contributed by atoms with Gasteiger partial charge in [0, 0.05) is 5.92 Å². The van der Waals surface area contributed by atoms with Crippen LogP contribution in [0.5, 0.6) is 0 Å². The van der Waals surface area contributed by atoms with Crippen LogP contribution in [0.2, 0.25) is 0 Å². The molecule has 2 aromatic rings. The zero-order valence-corrected chi connectivity index (χ0v) is 12.6. The van der Waals surface area contributed by atoms with Gasteiger partial charge in [-0.2, -0.15) is 0 Å². The van der Waals surface area contributed by atoms with Crippen molar-refractivity contribution in [2.24, 2.45) is 0 Å². The van der Waals surface area contributed by atoms with Crippen LogP contribution in [0.4, 0.5) is 0 Å². The zero-order chi connectivity index (χ0) is 14.5. The van der Waals surface area contributed by atoms with Crippen LogP contribution >= 0.6 is 0 Å². The van der Waals surface area contributed by atoms with Gasteiger partial charge in [0.15, 0.2) is 0 Å². The standard InChI is InChI=1S/C19H24O/c1-14(2)17-11-9-16(10-12-17)13-19(20)15(3)18-7-5-4-6-8-18/h4-12,14-15,19-20H,13H2,1-3H3. The van der Waals surface area contributed by atoms with Gasteiger partial charge in [-0.15, -0.1) is 0 Å². The minimum Gasteiger partial charge on any atom is -0.392 e. The first kappa shape index (κ1) is 14.8. The molecule has 0 aliphatic rings. The highest BCUT2D eigenvalue weighted by Gasteiger charge is 2.16. The number of hydrogen-bond donors (Lipinski definition) is 1. The van der Waals surface area contributed by atoms with Crippen LogP contribution in [-0.2, 0) is 6.42 Å². The molecule has 2 aromatic carbocycles. The van der Waals surface area contributed by atoms with E-state index in [0.717, 1.165) is 0 Å². The predicted molar refractivity (Wildman–Crippen MR) is 85.1 cm³/mol. The molecule has 2 rings (SSSR count). The third-order valence-corrected chi connectivity index (χ3v) is 3.99. The molecule has 0 saturated carbocycles. The molecule has 1 nitrogen and oxygen atoms in total. The summed E-state index contributed by atoms with van der Waals surface area (Å²) in [5.41, 5.74) is 3.74. The van der Waals surface area contributed by atoms with Crippen LogP contribution in [0.3, 0.4) is 0 Å². The van der Waals surface area contributed by atoms with Crippen molar-refractivity contribution >= 4 is 0 Å². The number of aliphatic hydroxyl groups is 1. The zero-order valence-electron chi connectivity index (χ0n) is 12.6. The average molecular weight is 268 g/mol. The van der Waals surface area contributed by atoms with E-state index >= 15 is 0 Å². The molecule has 0 saturated heterocycles. The van der Waals surface area contributed by atoms with Gasteiger partial charge in [-0.3, -0.25) is 0 Å². The molecule has 0 aliphatic heterocycles. The lowest BCUT2D eigenvalue weighted by Gasteiger charge is -2.19. The fraction of sp³-hybridized carbons (Fsp3) is 0.368. The second kappa shape index (κ2) is 6.71. The van der Waals surface area contributed by atoms with Crippen LogP contribution in [-0.4, -0.2) is 11.2 Å². The van der Waals surface area contributed by atoms with Crippen molar-refractivity contribution in [1.29, 1.82) is 0 Å². The van der Waals surface area contributed by atoms with E-state index in [1.807, 2.05) is 18.2 Å². The Balaban J connectivity index is 2.02. The quantitative estimate of drug-likeness (QED) is 0.845. The van der Waals surface area contributed by atoms with Crippen LogP contribution in [0.15, 0.2) is 54.6 Å². The molecule has 0 amide bonds. The first-order valence-corrected chi connectivity index (χ1v) is 7.39. The molecule has 0 spiro atoms. The topological polar surface area (TPSA) is 20.2 Å². The predicted octanol–water partition coefficient (Wildman–Crippen LogP) is 4.52. The first-order valence-electron chi connectivity index (χ1n) is 7.39. The van der Waals surface area contributed by atoms with Gasteiger partial charge in [-0.1, -0.05) is 75.4 Å². The lowest BCUT2D eigenvalue weighted by molar-refractivity contribution is 0.149. The van der Waals surface area contributed by atoms with Gasteiger partial charge >= 0.3 is 0 Å². The van der Waals surface area contributed by atoms with Crippen LogP contribution in [0.1, 0.15) is 49.3 Å². The van der Waals surface area contributed by atoms with Crippen LogP contribution in [0.25, 0.3) is 0 Å². The van der Waals surface area contributed by atoms with E-state index in [2.05, 4.69) is 57.2 Å². The maximum atomic E-state index is 10.4. The maximum Gasteiger partial charge on any atom is 0.0646 e. The smallest absolute Gasteiger partial charge is 0.0646 e. The van der Waals surface area contributed by atoms with Gasteiger partial charge in [0.05, 0.1) is 6.10 Å². The molecule has 20 heavy (non-hydrogen) atoms. The third kappa shape index (κ3) is 3.71. The molecule has 0 aliphatic carbocycles. The molecule has 0 fully saturated rings. The van der Waals surface area contributed by atoms with Gasteiger partial charge < -0.3 is 5.11 Å². The van der Waals surface area contributed by atoms with E-state index in [9.17, 15) is 5.11 Å². The summed E-state index contributed by atoms with van der Waals surface area (Å²) in [7, 11) is 0. The summed E-state index contributed by atoms with van der Waals surface area (Å²) in [6.07, 6.45) is 0.358. The first-order chi connectivity index (χ1) is 9.58. The molecule has 0 radical (unpaired) electrons. The van der Waals surface area contributed by atoms with Crippen molar-refractivity contribution in [2.75, 3.05) is 0 Å². The summed E-state index contributed by atoms with van der Waals surface area (Å²) in [6, 6.07) is 18.8. The average Bonchev–Trinajstić information content (AvgIpc) is 2.48. The van der Waals surface area contributed by atoms with Crippen molar-refractivity contribution in [3.63, 3.8) is 0 Å². The van der Waals surface area contributed by atoms with E-state index in [1.165, 1.54) is 16.7 Å². The number of rotatable bonds is 5. The van der Waals surface area contributed by atoms with Crippen molar-refractivity contribution in [2.45, 2.75) is 45.1 Å². The Bertz CT molecular complexity index is 513. The molecule has 1 N–H and O–H groups in total. The summed E-state index contributed by atoms with van der Waals surface area (Å²) in [6.45, 7) is 6.48. The summed E-state index contributed by atoms with van der Waals surface area (Å²) < 4.78 is 0. The van der Waals surface area contributed by atoms with Crippen LogP contribution in [0, 0.1) is 0 Å². The molecule has 2 unspecified atom stereocenters. The minimum atomic E-state index is -0.345. The normalized spacial score (nSPS) is 14.2. The summed E-state index contributed by atoms with van der Waals surface area (Å²) in [5, 5.41) is 10.4. The molecule has 0 aromatic heterocycles. The van der Waals surface area contributed by atoms with Crippen molar-refractivity contribution < 1.29 is 5.11 Å². The largest absolute Gasteiger partial charge is 0.392 e. The maximum absolute atomic E-state index is 10.4. The summed E-state index contributed by atoms with van der Waals surface area (Å²) >= 11 is 0. The Kier molecular flexibility index (Phi) is 4.97. The van der Waals surface area contributed by atoms with Crippen molar-refractivity contribution in [1.82, 2.24) is 0 Å². The minimum absolute atomic E-state index is 0.154. The highest BCUT2D eigenvalue weighted by molar-refractivity contribution is 5.26. The van der Waals surface area contributed by atoms with E-state index in [1.54, 1.807) is 0 Å². The monoisotopic (exact) mass is 268 g/mol. The Labute approximate surface area is 122 Å². The van der Waals surface area contributed by atoms with E-state index < -0.39 is 0 Å². The summed E-state index contributed by atoms with van der Waals surface area (Å²) in [5.74, 6) is 0.707. The Morgan fingerprint density at radius 3 is 1.95 bits per heavy atom. The van der Waals surface area contributed by atoms with E-state index in [-0.39, 0.29) is 12.0 Å². The molecule has 106 valence electrons. The highest BCUT2D eigenvalue weighted by Crippen LogP contribution is 2.22. The lowest BCUT2D eigenvalue weighted by Crippen LogP contribution is -2.18. The molecule has 2 atom stereocenters. The summed E-state index contributed by atoms with van der Waals surface area (Å²) in [4.78, 5) is 0. The highest BCUT2D eigenvalue weighted by atomic mass is 16.3. The Hall–Kier alpha value is -1.60. The second-order valence-corrected chi connectivity index (χ2v) is 5.87. The Morgan fingerprint density at radius 2 is 1.40 bits per heavy atom. The van der Waals surface area contributed by atoms with Gasteiger partial charge in [0.2, 0.25) is 0 Å². The van der Waals surface area contributed by atoms with Crippen LogP contribution < -0.4 is 0 Å². The van der Waals surface area contributed by atoms with Gasteiger partial charge in [0.25, 0.3) is 0 Å². The fourth-order valence-electron chi connectivity index (χ4n) is 2.44. The van der Waals surface area contributed by atoms with E-state index in [4.69, 9.17) is 0 Å². The number of aliphatic hydroxyl groups excluding tert-OH is 1. The molecule has 0 heterocycles. The van der Waals surface area contributed by atoms with Gasteiger partial charge in [-0.25, -0.2) is 0 Å². The molecule has 0 bridgehead atoms. The lowest BCUT2D eigenvalue weighted by atomic mass is 9.90. The SMILES string of the molecule is CC(C)c1ccc(CC(O)C(C)c2ccccc2)cc1. The van der Waals surface area contributed by atoms with Gasteiger partial charge in [0.1, 0.15) is 0 Å². The second-order valence-electron chi connectivity index (χ2n) is 5.87. The van der Waals surface area contributed by atoms with E-state index in [0.29, 0.717) is 12.3 Å². The molecule has 1 heteroatoms. The van der Waals surface area contributed by atoms with Crippen molar-refractivity contribution in [3.8, 4) is 0 Å². The number of hydrogen-bond acceptors (Lipinski definition) is 1. The van der Waals surface area contributed by atoms with Gasteiger partial charge in [-0.05, 0) is 29.0 Å². The fourth-order valence-corrected chi connectivity index (χ4v) is 2.44. The van der Waals surface area contributed by atoms with Crippen molar-refractivity contribution in [3.05, 3.63) is 71.3 Å². The Morgan fingerprint density at radius 1 is 0.800 bits per heavy atom. The third-order valence-electron chi connectivity index (χ3n) is 3.99. The molecular weight excluding hydrogens is 244 g/mol.